The number of hydrogen-bond acceptors (Lipinski definition) is 2. The summed E-state index contributed by atoms with van der Waals surface area (Å²) in [7, 11) is 0. The van der Waals surface area contributed by atoms with Crippen molar-refractivity contribution in [3.63, 3.8) is 0 Å². The van der Waals surface area contributed by atoms with E-state index in [2.05, 4.69) is 52.0 Å². The summed E-state index contributed by atoms with van der Waals surface area (Å²) in [5.41, 5.74) is 1.37. The van der Waals surface area contributed by atoms with Crippen molar-refractivity contribution in [1.29, 1.82) is 0 Å². The smallest absolute Gasteiger partial charge is 0.0564 e. The third kappa shape index (κ3) is 3.80. The van der Waals surface area contributed by atoms with E-state index in [1.807, 2.05) is 0 Å². The lowest BCUT2D eigenvalue weighted by Crippen LogP contribution is -2.42. The van der Waals surface area contributed by atoms with Crippen LogP contribution < -0.4 is 0 Å². The molecule has 1 saturated heterocycles. The van der Waals surface area contributed by atoms with E-state index in [1.54, 1.807) is 0 Å². The SMILES string of the molecule is CC(Cc1cccc(Br)c1)N1CCC(O)CC1. The Kier molecular flexibility index (Phi) is 4.60. The van der Waals surface area contributed by atoms with Gasteiger partial charge in [-0.15, -0.1) is 0 Å². The van der Waals surface area contributed by atoms with Gasteiger partial charge in [-0.3, -0.25) is 0 Å². The molecule has 0 aromatic heterocycles. The lowest BCUT2D eigenvalue weighted by molar-refractivity contribution is 0.0648. The molecule has 1 aromatic carbocycles. The molecule has 3 heteroatoms. The number of benzene rings is 1. The molecule has 17 heavy (non-hydrogen) atoms. The van der Waals surface area contributed by atoms with Gasteiger partial charge in [0.15, 0.2) is 0 Å². The average Bonchev–Trinajstić information content (AvgIpc) is 2.29. The largest absolute Gasteiger partial charge is 0.393 e. The van der Waals surface area contributed by atoms with Crippen molar-refractivity contribution >= 4 is 15.9 Å². The Morgan fingerprint density at radius 1 is 1.41 bits per heavy atom. The molecule has 1 aliphatic rings. The van der Waals surface area contributed by atoms with E-state index >= 15 is 0 Å². The lowest BCUT2D eigenvalue weighted by Gasteiger charge is -2.34. The van der Waals surface area contributed by atoms with Crippen molar-refractivity contribution < 1.29 is 5.11 Å². The number of halogens is 1. The molecule has 1 N–H and O–H groups in total. The predicted octanol–water partition coefficient (Wildman–Crippen LogP) is 2.84. The van der Waals surface area contributed by atoms with Crippen LogP contribution in [-0.4, -0.2) is 35.2 Å². The number of likely N-dealkylation sites (tertiary alicyclic amines) is 1. The quantitative estimate of drug-likeness (QED) is 0.927. The van der Waals surface area contributed by atoms with Gasteiger partial charge in [-0.2, -0.15) is 0 Å². The molecule has 0 saturated carbocycles. The van der Waals surface area contributed by atoms with E-state index in [0.29, 0.717) is 6.04 Å². The fraction of sp³-hybridized carbons (Fsp3) is 0.571. The molecule has 0 amide bonds. The first-order chi connectivity index (χ1) is 8.15. The Morgan fingerprint density at radius 2 is 2.12 bits per heavy atom. The third-order valence-corrected chi connectivity index (χ3v) is 4.04. The van der Waals surface area contributed by atoms with Crippen molar-refractivity contribution in [2.24, 2.45) is 0 Å². The van der Waals surface area contributed by atoms with Crippen molar-refractivity contribution in [3.05, 3.63) is 34.3 Å². The van der Waals surface area contributed by atoms with Crippen LogP contribution >= 0.6 is 15.9 Å². The molecule has 1 fully saturated rings. The normalized spacial score (nSPS) is 20.4. The van der Waals surface area contributed by atoms with Crippen molar-refractivity contribution in [2.45, 2.75) is 38.3 Å². The van der Waals surface area contributed by atoms with Crippen LogP contribution in [0.3, 0.4) is 0 Å². The number of nitrogens with zero attached hydrogens (tertiary/aromatic N) is 1. The highest BCUT2D eigenvalue weighted by Gasteiger charge is 2.21. The van der Waals surface area contributed by atoms with Gasteiger partial charge in [-0.05, 0) is 43.9 Å². The molecule has 1 heterocycles. The highest BCUT2D eigenvalue weighted by molar-refractivity contribution is 9.10. The molecule has 1 aliphatic heterocycles. The zero-order valence-electron chi connectivity index (χ0n) is 10.3. The van der Waals surface area contributed by atoms with Crippen molar-refractivity contribution in [2.75, 3.05) is 13.1 Å². The summed E-state index contributed by atoms with van der Waals surface area (Å²) in [5.74, 6) is 0. The van der Waals surface area contributed by atoms with Crippen LogP contribution in [0.4, 0.5) is 0 Å². The number of piperidine rings is 1. The fourth-order valence-electron chi connectivity index (χ4n) is 2.46. The van der Waals surface area contributed by atoms with E-state index < -0.39 is 0 Å². The lowest BCUT2D eigenvalue weighted by atomic mass is 10.0. The van der Waals surface area contributed by atoms with Gasteiger partial charge in [-0.25, -0.2) is 0 Å². The first-order valence-electron chi connectivity index (χ1n) is 6.31. The van der Waals surface area contributed by atoms with Gasteiger partial charge in [0.1, 0.15) is 0 Å². The van der Waals surface area contributed by atoms with Gasteiger partial charge in [0, 0.05) is 23.6 Å². The molecular formula is C14H20BrNO. The number of hydrogen-bond donors (Lipinski definition) is 1. The summed E-state index contributed by atoms with van der Waals surface area (Å²) < 4.78 is 1.15. The fourth-order valence-corrected chi connectivity index (χ4v) is 2.91. The van der Waals surface area contributed by atoms with Gasteiger partial charge < -0.3 is 10.0 Å². The molecule has 0 bridgehead atoms. The Hall–Kier alpha value is -0.380. The number of aliphatic hydroxyl groups is 1. The average molecular weight is 298 g/mol. The molecule has 1 aromatic rings. The second-order valence-corrected chi connectivity index (χ2v) is 5.87. The maximum atomic E-state index is 9.50. The molecule has 0 radical (unpaired) electrons. The van der Waals surface area contributed by atoms with E-state index in [9.17, 15) is 5.11 Å². The zero-order chi connectivity index (χ0) is 12.3. The second-order valence-electron chi connectivity index (χ2n) is 4.95. The summed E-state index contributed by atoms with van der Waals surface area (Å²) in [4.78, 5) is 2.48. The molecule has 0 spiro atoms. The van der Waals surface area contributed by atoms with E-state index in [-0.39, 0.29) is 6.10 Å². The first-order valence-corrected chi connectivity index (χ1v) is 7.11. The standard InChI is InChI=1S/C14H20BrNO/c1-11(16-7-5-14(17)6-8-16)9-12-3-2-4-13(15)10-12/h2-4,10-11,14,17H,5-9H2,1H3. The van der Waals surface area contributed by atoms with Crippen LogP contribution in [0.2, 0.25) is 0 Å². The van der Waals surface area contributed by atoms with Crippen molar-refractivity contribution in [3.8, 4) is 0 Å². The summed E-state index contributed by atoms with van der Waals surface area (Å²) in [6.45, 7) is 4.32. The molecule has 2 nitrogen and oxygen atoms in total. The minimum absolute atomic E-state index is 0.0793. The second kappa shape index (κ2) is 5.98. The van der Waals surface area contributed by atoms with E-state index in [1.165, 1.54) is 5.56 Å². The Morgan fingerprint density at radius 3 is 2.76 bits per heavy atom. The van der Waals surface area contributed by atoms with Gasteiger partial charge in [-0.1, -0.05) is 28.1 Å². The summed E-state index contributed by atoms with van der Waals surface area (Å²) >= 11 is 3.51. The monoisotopic (exact) mass is 297 g/mol. The maximum Gasteiger partial charge on any atom is 0.0564 e. The Balaban J connectivity index is 1.90. The predicted molar refractivity (Wildman–Crippen MR) is 74.1 cm³/mol. The molecule has 0 aliphatic carbocycles. The Bertz CT molecular complexity index is 361. The topological polar surface area (TPSA) is 23.5 Å². The highest BCUT2D eigenvalue weighted by Crippen LogP contribution is 2.18. The summed E-state index contributed by atoms with van der Waals surface area (Å²) in [6, 6.07) is 9.07. The molecule has 1 atom stereocenters. The van der Waals surface area contributed by atoms with Gasteiger partial charge in [0.25, 0.3) is 0 Å². The highest BCUT2D eigenvalue weighted by atomic mass is 79.9. The third-order valence-electron chi connectivity index (χ3n) is 3.54. The number of aliphatic hydroxyl groups excluding tert-OH is 1. The minimum Gasteiger partial charge on any atom is -0.393 e. The van der Waals surface area contributed by atoms with Gasteiger partial charge in [0.2, 0.25) is 0 Å². The van der Waals surface area contributed by atoms with E-state index in [4.69, 9.17) is 0 Å². The molecule has 2 rings (SSSR count). The minimum atomic E-state index is -0.0793. The molecule has 94 valence electrons. The Labute approximate surface area is 112 Å². The van der Waals surface area contributed by atoms with Crippen LogP contribution in [0, 0.1) is 0 Å². The maximum absolute atomic E-state index is 9.50. The van der Waals surface area contributed by atoms with Crippen LogP contribution in [0.1, 0.15) is 25.3 Å². The van der Waals surface area contributed by atoms with E-state index in [0.717, 1.165) is 36.8 Å². The van der Waals surface area contributed by atoms with Crippen LogP contribution in [-0.2, 0) is 6.42 Å². The van der Waals surface area contributed by atoms with Crippen molar-refractivity contribution in [1.82, 2.24) is 4.90 Å². The molecular weight excluding hydrogens is 278 g/mol. The summed E-state index contributed by atoms with van der Waals surface area (Å²) in [6.07, 6.45) is 2.84. The first kappa shape index (κ1) is 13.1. The van der Waals surface area contributed by atoms with Crippen LogP contribution in [0.25, 0.3) is 0 Å². The van der Waals surface area contributed by atoms with Crippen LogP contribution in [0.15, 0.2) is 28.7 Å². The zero-order valence-corrected chi connectivity index (χ0v) is 11.9. The number of rotatable bonds is 3. The van der Waals surface area contributed by atoms with Gasteiger partial charge in [0.05, 0.1) is 6.10 Å². The van der Waals surface area contributed by atoms with Crippen LogP contribution in [0.5, 0.6) is 0 Å². The molecule has 1 unspecified atom stereocenters. The summed E-state index contributed by atoms with van der Waals surface area (Å²) in [5, 5.41) is 9.50. The van der Waals surface area contributed by atoms with Gasteiger partial charge >= 0.3 is 0 Å².